The quantitative estimate of drug-likeness (QED) is 0.372. The van der Waals surface area contributed by atoms with Crippen LogP contribution in [-0.4, -0.2) is 58.9 Å². The van der Waals surface area contributed by atoms with Gasteiger partial charge in [0.15, 0.2) is 0 Å². The van der Waals surface area contributed by atoms with Gasteiger partial charge in [0.05, 0.1) is 18.6 Å². The maximum atomic E-state index is 14.0. The molecule has 0 radical (unpaired) electrons. The Morgan fingerprint density at radius 3 is 2.55 bits per heavy atom. The SMILES string of the molecule is CCOC(=O)C[C@H]1CC2(CCN(C(=O)[C@@H](Cc3c[nH]c4ccccc34)NC(=O)C(C)(C)N)CC2)c2ccccc21. The van der Waals surface area contributed by atoms with Gasteiger partial charge in [0.2, 0.25) is 11.8 Å². The van der Waals surface area contributed by atoms with E-state index in [0.717, 1.165) is 35.7 Å². The van der Waals surface area contributed by atoms with Crippen LogP contribution in [0.2, 0.25) is 0 Å². The molecule has 0 unspecified atom stereocenters. The molecular formula is C32H40N4O4. The van der Waals surface area contributed by atoms with Crippen LogP contribution in [0.1, 0.15) is 69.1 Å². The highest BCUT2D eigenvalue weighted by Gasteiger charge is 2.47. The molecule has 212 valence electrons. The van der Waals surface area contributed by atoms with Gasteiger partial charge in [-0.15, -0.1) is 0 Å². The van der Waals surface area contributed by atoms with Crippen molar-refractivity contribution in [2.45, 2.75) is 75.8 Å². The van der Waals surface area contributed by atoms with E-state index in [1.165, 1.54) is 11.1 Å². The van der Waals surface area contributed by atoms with E-state index in [2.05, 4.69) is 28.5 Å². The lowest BCUT2D eigenvalue weighted by Gasteiger charge is -2.41. The first-order chi connectivity index (χ1) is 19.1. The highest BCUT2D eigenvalue weighted by atomic mass is 16.5. The summed E-state index contributed by atoms with van der Waals surface area (Å²) in [4.78, 5) is 44.4. The van der Waals surface area contributed by atoms with E-state index in [1.54, 1.807) is 13.8 Å². The lowest BCUT2D eigenvalue weighted by Crippen LogP contribution is -2.58. The molecule has 40 heavy (non-hydrogen) atoms. The van der Waals surface area contributed by atoms with Crippen LogP contribution in [0.25, 0.3) is 10.9 Å². The first-order valence-corrected chi connectivity index (χ1v) is 14.3. The minimum atomic E-state index is -1.10. The molecule has 8 nitrogen and oxygen atoms in total. The molecule has 8 heteroatoms. The molecule has 1 spiro atoms. The highest BCUT2D eigenvalue weighted by molar-refractivity contribution is 5.92. The largest absolute Gasteiger partial charge is 0.466 e. The molecule has 1 saturated heterocycles. The number of piperidine rings is 1. The number of nitrogens with one attached hydrogen (secondary N) is 2. The summed E-state index contributed by atoms with van der Waals surface area (Å²) in [6.45, 7) is 6.68. The number of H-pyrrole nitrogens is 1. The number of carbonyl (C=O) groups excluding carboxylic acids is 3. The molecule has 0 bridgehead atoms. The van der Waals surface area contributed by atoms with Gasteiger partial charge in [-0.05, 0) is 74.1 Å². The van der Waals surface area contributed by atoms with Gasteiger partial charge in [-0.25, -0.2) is 0 Å². The van der Waals surface area contributed by atoms with Crippen LogP contribution in [0.15, 0.2) is 54.7 Å². The predicted octanol–water partition coefficient (Wildman–Crippen LogP) is 3.93. The maximum Gasteiger partial charge on any atom is 0.306 e. The first-order valence-electron chi connectivity index (χ1n) is 14.3. The van der Waals surface area contributed by atoms with Gasteiger partial charge in [0.25, 0.3) is 0 Å². The molecule has 0 saturated carbocycles. The van der Waals surface area contributed by atoms with E-state index in [4.69, 9.17) is 10.5 Å². The van der Waals surface area contributed by atoms with E-state index >= 15 is 0 Å². The summed E-state index contributed by atoms with van der Waals surface area (Å²) in [6.07, 6.45) is 5.16. The van der Waals surface area contributed by atoms with Crippen LogP contribution in [0, 0.1) is 0 Å². The molecule has 2 heterocycles. The Labute approximate surface area is 235 Å². The molecule has 4 N–H and O–H groups in total. The second kappa shape index (κ2) is 11.1. The van der Waals surface area contributed by atoms with E-state index in [9.17, 15) is 14.4 Å². The number of carbonyl (C=O) groups is 3. The smallest absolute Gasteiger partial charge is 0.306 e. The van der Waals surface area contributed by atoms with Crippen molar-refractivity contribution in [2.24, 2.45) is 5.73 Å². The summed E-state index contributed by atoms with van der Waals surface area (Å²) in [5.41, 5.74) is 9.40. The van der Waals surface area contributed by atoms with Gasteiger partial charge in [-0.1, -0.05) is 42.5 Å². The van der Waals surface area contributed by atoms with Crippen molar-refractivity contribution in [1.82, 2.24) is 15.2 Å². The standard InChI is InChI=1S/C32H40N4O4/c1-4-40-28(37)18-21-19-32(25-11-7-5-9-23(21)25)13-15-36(16-14-32)29(38)27(35-30(39)31(2,3)33)17-22-20-34-26-12-8-6-10-24(22)26/h5-12,20-21,27,34H,4,13-19,33H2,1-3H3,(H,35,39)/t21-,27+/m0/s1. The van der Waals surface area contributed by atoms with Gasteiger partial charge in [-0.3, -0.25) is 14.4 Å². The Balaban J connectivity index is 1.33. The van der Waals surface area contributed by atoms with Crippen molar-refractivity contribution in [3.63, 3.8) is 0 Å². The third kappa shape index (κ3) is 5.50. The van der Waals surface area contributed by atoms with E-state index < -0.39 is 11.6 Å². The molecule has 2 atom stereocenters. The topological polar surface area (TPSA) is 118 Å². The highest BCUT2D eigenvalue weighted by Crippen LogP contribution is 2.52. The van der Waals surface area contributed by atoms with Crippen molar-refractivity contribution in [3.05, 3.63) is 71.4 Å². The van der Waals surface area contributed by atoms with Crippen molar-refractivity contribution in [1.29, 1.82) is 0 Å². The Morgan fingerprint density at radius 2 is 1.82 bits per heavy atom. The van der Waals surface area contributed by atoms with Crippen molar-refractivity contribution < 1.29 is 19.1 Å². The minimum Gasteiger partial charge on any atom is -0.466 e. The number of fused-ring (bicyclic) bond motifs is 3. The average Bonchev–Trinajstić information content (AvgIpc) is 3.47. The fraction of sp³-hybridized carbons (Fsp3) is 0.469. The number of benzene rings is 2. The van der Waals surface area contributed by atoms with E-state index in [1.807, 2.05) is 48.4 Å². The van der Waals surface area contributed by atoms with Gasteiger partial charge in [-0.2, -0.15) is 0 Å². The molecule has 1 aliphatic heterocycles. The summed E-state index contributed by atoms with van der Waals surface area (Å²) < 4.78 is 5.26. The lowest BCUT2D eigenvalue weighted by molar-refractivity contribution is -0.143. The van der Waals surface area contributed by atoms with Gasteiger partial charge in [0.1, 0.15) is 6.04 Å². The van der Waals surface area contributed by atoms with Crippen LogP contribution >= 0.6 is 0 Å². The van der Waals surface area contributed by atoms with Crippen LogP contribution < -0.4 is 11.1 Å². The number of para-hydroxylation sites is 1. The monoisotopic (exact) mass is 544 g/mol. The number of aromatic nitrogens is 1. The summed E-state index contributed by atoms with van der Waals surface area (Å²) in [6, 6.07) is 15.6. The van der Waals surface area contributed by atoms with Crippen LogP contribution in [0.5, 0.6) is 0 Å². The number of esters is 1. The zero-order valence-corrected chi connectivity index (χ0v) is 23.7. The molecule has 2 aromatic carbocycles. The zero-order valence-electron chi connectivity index (χ0n) is 23.7. The number of hydrogen-bond acceptors (Lipinski definition) is 5. The summed E-state index contributed by atoms with van der Waals surface area (Å²) >= 11 is 0. The third-order valence-corrected chi connectivity index (χ3v) is 8.65. The Morgan fingerprint density at radius 1 is 1.12 bits per heavy atom. The van der Waals surface area contributed by atoms with Crippen LogP contribution in [-0.2, 0) is 31.0 Å². The van der Waals surface area contributed by atoms with Gasteiger partial charge < -0.3 is 25.7 Å². The molecule has 2 amide bonds. The summed E-state index contributed by atoms with van der Waals surface area (Å²) in [5, 5.41) is 3.99. The number of amides is 2. The Bertz CT molecular complexity index is 1400. The van der Waals surface area contributed by atoms with Gasteiger partial charge >= 0.3 is 5.97 Å². The fourth-order valence-electron chi connectivity index (χ4n) is 6.54. The number of likely N-dealkylation sites (tertiary alicyclic amines) is 1. The maximum absolute atomic E-state index is 14.0. The molecular weight excluding hydrogens is 504 g/mol. The summed E-state index contributed by atoms with van der Waals surface area (Å²) in [5.74, 6) is -0.485. The zero-order chi connectivity index (χ0) is 28.5. The van der Waals surface area contributed by atoms with Crippen molar-refractivity contribution in [2.75, 3.05) is 19.7 Å². The summed E-state index contributed by atoms with van der Waals surface area (Å²) in [7, 11) is 0. The molecule has 1 fully saturated rings. The van der Waals surface area contributed by atoms with Gasteiger partial charge in [0, 0.05) is 36.6 Å². The van der Waals surface area contributed by atoms with E-state index in [0.29, 0.717) is 32.5 Å². The fourth-order valence-corrected chi connectivity index (χ4v) is 6.54. The minimum absolute atomic E-state index is 0.0701. The average molecular weight is 545 g/mol. The number of hydrogen-bond donors (Lipinski definition) is 3. The number of aromatic amines is 1. The number of ether oxygens (including phenoxy) is 1. The van der Waals surface area contributed by atoms with Crippen molar-refractivity contribution in [3.8, 4) is 0 Å². The van der Waals surface area contributed by atoms with E-state index in [-0.39, 0.29) is 29.1 Å². The lowest BCUT2D eigenvalue weighted by atomic mass is 9.73. The number of rotatable bonds is 8. The number of nitrogens with two attached hydrogens (primary N) is 1. The molecule has 2 aliphatic rings. The predicted molar refractivity (Wildman–Crippen MR) is 155 cm³/mol. The second-order valence-corrected chi connectivity index (χ2v) is 11.9. The molecule has 1 aliphatic carbocycles. The molecule has 1 aromatic heterocycles. The normalized spacial score (nSPS) is 18.9. The number of nitrogens with zero attached hydrogens (tertiary/aromatic N) is 1. The van der Waals surface area contributed by atoms with Crippen LogP contribution in [0.3, 0.4) is 0 Å². The third-order valence-electron chi connectivity index (χ3n) is 8.65. The van der Waals surface area contributed by atoms with Crippen LogP contribution in [0.4, 0.5) is 0 Å². The first kappa shape index (κ1) is 27.9. The molecule has 3 aromatic rings. The second-order valence-electron chi connectivity index (χ2n) is 11.9. The Kier molecular flexibility index (Phi) is 7.73. The Hall–Kier alpha value is -3.65. The van der Waals surface area contributed by atoms with Crippen molar-refractivity contribution >= 4 is 28.7 Å². The molecule has 5 rings (SSSR count).